The largest absolute Gasteiger partial charge is 0.480 e. The van der Waals surface area contributed by atoms with Crippen LogP contribution in [0, 0.1) is 0 Å². The normalized spacial score (nSPS) is 25.5. The van der Waals surface area contributed by atoms with Crippen molar-refractivity contribution < 1.29 is 14.1 Å². The fraction of sp³-hybridized carbons (Fsp3) is 0.526. The number of amides is 1. The molecular formula is C19H23N3O3. The molecule has 0 radical (unpaired) electrons. The van der Waals surface area contributed by atoms with Crippen molar-refractivity contribution in [3.05, 3.63) is 41.5 Å². The topological polar surface area (TPSA) is 68.5 Å². The maximum Gasteiger partial charge on any atom is 0.264 e. The lowest BCUT2D eigenvalue weighted by Gasteiger charge is -2.33. The molecule has 2 aliphatic heterocycles. The molecule has 0 N–H and O–H groups in total. The number of likely N-dealkylation sites (tertiary alicyclic amines) is 1. The van der Waals surface area contributed by atoms with Crippen LogP contribution in [-0.4, -0.2) is 40.1 Å². The van der Waals surface area contributed by atoms with Gasteiger partial charge in [0.1, 0.15) is 5.75 Å². The molecular weight excluding hydrogens is 318 g/mol. The van der Waals surface area contributed by atoms with Crippen LogP contribution < -0.4 is 4.74 Å². The second-order valence-corrected chi connectivity index (χ2v) is 6.89. The van der Waals surface area contributed by atoms with Crippen molar-refractivity contribution in [3.63, 3.8) is 0 Å². The van der Waals surface area contributed by atoms with E-state index < -0.39 is 6.10 Å². The number of ether oxygens (including phenoxy) is 1. The Balaban J connectivity index is 1.47. The highest BCUT2D eigenvalue weighted by Gasteiger charge is 2.40. The molecule has 1 saturated heterocycles. The first-order valence-corrected chi connectivity index (χ1v) is 9.04. The molecule has 3 heterocycles. The lowest BCUT2D eigenvalue weighted by atomic mass is 9.94. The molecule has 1 amide bonds. The molecule has 4 rings (SSSR count). The number of carbonyl (C=O) groups is 1. The number of rotatable bonds is 3. The number of nitrogens with zero attached hydrogens (tertiary/aromatic N) is 3. The van der Waals surface area contributed by atoms with E-state index >= 15 is 0 Å². The number of hydrogen-bond acceptors (Lipinski definition) is 5. The third-order valence-corrected chi connectivity index (χ3v) is 5.25. The Bertz CT molecular complexity index is 773. The first-order valence-electron chi connectivity index (χ1n) is 9.04. The van der Waals surface area contributed by atoms with Gasteiger partial charge in [0.25, 0.3) is 5.91 Å². The third-order valence-electron chi connectivity index (χ3n) is 5.25. The van der Waals surface area contributed by atoms with Gasteiger partial charge in [0.05, 0.1) is 0 Å². The number of hydrogen-bond donors (Lipinski definition) is 0. The fourth-order valence-electron chi connectivity index (χ4n) is 3.78. The van der Waals surface area contributed by atoms with Crippen molar-refractivity contribution in [2.45, 2.75) is 51.0 Å². The third kappa shape index (κ3) is 2.90. The van der Waals surface area contributed by atoms with Gasteiger partial charge in [-0.05, 0) is 18.9 Å². The van der Waals surface area contributed by atoms with Crippen LogP contribution in [0.25, 0.3) is 0 Å². The van der Waals surface area contributed by atoms with E-state index in [0.717, 1.165) is 42.9 Å². The molecule has 0 saturated carbocycles. The number of fused-ring (bicyclic) bond motifs is 1. The molecule has 132 valence electrons. The maximum absolute atomic E-state index is 13.1. The van der Waals surface area contributed by atoms with Crippen LogP contribution >= 0.6 is 0 Å². The van der Waals surface area contributed by atoms with Crippen molar-refractivity contribution in [1.29, 1.82) is 0 Å². The van der Waals surface area contributed by atoms with Crippen molar-refractivity contribution >= 4 is 5.91 Å². The molecule has 0 bridgehead atoms. The molecule has 2 aliphatic rings. The SMILES string of the molecule is CCc1nc([C@@H]2CCCN(C(=O)[C@@H]3Oc4ccccc4[C@H]3C)C2)no1. The van der Waals surface area contributed by atoms with Gasteiger partial charge in [0.15, 0.2) is 11.9 Å². The van der Waals surface area contributed by atoms with Gasteiger partial charge in [-0.2, -0.15) is 4.98 Å². The summed E-state index contributed by atoms with van der Waals surface area (Å²) in [5, 5.41) is 4.09. The summed E-state index contributed by atoms with van der Waals surface area (Å²) in [4.78, 5) is 19.4. The zero-order chi connectivity index (χ0) is 17.4. The molecule has 0 unspecified atom stereocenters. The van der Waals surface area contributed by atoms with Crippen molar-refractivity contribution in [1.82, 2.24) is 15.0 Å². The number of piperidine rings is 1. The van der Waals surface area contributed by atoms with Crippen LogP contribution in [0.4, 0.5) is 0 Å². The molecule has 3 atom stereocenters. The number of aryl methyl sites for hydroxylation is 1. The number of benzene rings is 1. The molecule has 1 fully saturated rings. The van der Waals surface area contributed by atoms with E-state index in [1.54, 1.807) is 0 Å². The van der Waals surface area contributed by atoms with Gasteiger partial charge in [-0.25, -0.2) is 0 Å². The highest BCUT2D eigenvalue weighted by atomic mass is 16.5. The zero-order valence-corrected chi connectivity index (χ0v) is 14.6. The Hall–Kier alpha value is -2.37. The minimum atomic E-state index is -0.437. The quantitative estimate of drug-likeness (QED) is 0.858. The van der Waals surface area contributed by atoms with Crippen molar-refractivity contribution in [2.75, 3.05) is 13.1 Å². The smallest absolute Gasteiger partial charge is 0.264 e. The Morgan fingerprint density at radius 3 is 2.96 bits per heavy atom. The predicted octanol–water partition coefficient (Wildman–Crippen LogP) is 2.90. The molecule has 0 aliphatic carbocycles. The average Bonchev–Trinajstić information content (AvgIpc) is 3.26. The van der Waals surface area contributed by atoms with Crippen LogP contribution in [0.3, 0.4) is 0 Å². The zero-order valence-electron chi connectivity index (χ0n) is 14.6. The highest BCUT2D eigenvalue weighted by molar-refractivity contribution is 5.83. The second kappa shape index (κ2) is 6.50. The molecule has 2 aromatic rings. The predicted molar refractivity (Wildman–Crippen MR) is 91.5 cm³/mol. The molecule has 25 heavy (non-hydrogen) atoms. The van der Waals surface area contributed by atoms with E-state index in [0.29, 0.717) is 12.4 Å². The number of aromatic nitrogens is 2. The Morgan fingerprint density at radius 1 is 1.36 bits per heavy atom. The van der Waals surface area contributed by atoms with E-state index in [2.05, 4.69) is 17.1 Å². The van der Waals surface area contributed by atoms with Crippen LogP contribution in [0.5, 0.6) is 5.75 Å². The van der Waals surface area contributed by atoms with E-state index in [4.69, 9.17) is 9.26 Å². The lowest BCUT2D eigenvalue weighted by molar-refractivity contribution is -0.140. The van der Waals surface area contributed by atoms with Crippen LogP contribution in [0.1, 0.15) is 55.8 Å². The van der Waals surface area contributed by atoms with Gasteiger partial charge in [-0.3, -0.25) is 4.79 Å². The minimum absolute atomic E-state index is 0.0626. The van der Waals surface area contributed by atoms with Gasteiger partial charge >= 0.3 is 0 Å². The lowest BCUT2D eigenvalue weighted by Crippen LogP contribution is -2.46. The highest BCUT2D eigenvalue weighted by Crippen LogP contribution is 2.39. The summed E-state index contributed by atoms with van der Waals surface area (Å²) in [5.74, 6) is 2.47. The van der Waals surface area contributed by atoms with Crippen molar-refractivity contribution in [3.8, 4) is 5.75 Å². The average molecular weight is 341 g/mol. The van der Waals surface area contributed by atoms with Gasteiger partial charge < -0.3 is 14.2 Å². The van der Waals surface area contributed by atoms with E-state index in [1.807, 2.05) is 36.1 Å². The Labute approximate surface area is 147 Å². The first kappa shape index (κ1) is 16.1. The first-order chi connectivity index (χ1) is 12.2. The van der Waals surface area contributed by atoms with Gasteiger partial charge in [-0.15, -0.1) is 0 Å². The number of carbonyl (C=O) groups excluding carboxylic acids is 1. The van der Waals surface area contributed by atoms with E-state index in [1.165, 1.54) is 0 Å². The summed E-state index contributed by atoms with van der Waals surface area (Å²) < 4.78 is 11.2. The van der Waals surface area contributed by atoms with Gasteiger partial charge in [-0.1, -0.05) is 37.2 Å². The summed E-state index contributed by atoms with van der Waals surface area (Å²) in [5.41, 5.74) is 1.11. The van der Waals surface area contributed by atoms with Gasteiger partial charge in [0, 0.05) is 36.9 Å². The molecule has 6 nitrogen and oxygen atoms in total. The van der Waals surface area contributed by atoms with Crippen LogP contribution in [0.15, 0.2) is 28.8 Å². The maximum atomic E-state index is 13.1. The van der Waals surface area contributed by atoms with Gasteiger partial charge in [0.2, 0.25) is 5.89 Å². The molecule has 0 spiro atoms. The van der Waals surface area contributed by atoms with E-state index in [-0.39, 0.29) is 17.7 Å². The molecule has 6 heteroatoms. The Morgan fingerprint density at radius 2 is 2.20 bits per heavy atom. The molecule has 1 aromatic heterocycles. The summed E-state index contributed by atoms with van der Waals surface area (Å²) in [6.45, 7) is 5.44. The fourth-order valence-corrected chi connectivity index (χ4v) is 3.78. The summed E-state index contributed by atoms with van der Waals surface area (Å²) in [6.07, 6.45) is 2.22. The van der Waals surface area contributed by atoms with E-state index in [9.17, 15) is 4.79 Å². The van der Waals surface area contributed by atoms with Crippen LogP contribution in [-0.2, 0) is 11.2 Å². The second-order valence-electron chi connectivity index (χ2n) is 6.89. The summed E-state index contributed by atoms with van der Waals surface area (Å²) in [7, 11) is 0. The molecule has 1 aromatic carbocycles. The van der Waals surface area contributed by atoms with Crippen molar-refractivity contribution in [2.24, 2.45) is 0 Å². The summed E-state index contributed by atoms with van der Waals surface area (Å²) >= 11 is 0. The standard InChI is InChI=1S/C19H23N3O3/c1-3-16-20-18(21-25-16)13-7-6-10-22(11-13)19(23)17-12(2)14-8-4-5-9-15(14)24-17/h4-5,8-9,12-13,17H,3,6-7,10-11H2,1-2H3/t12-,13-,17-/m1/s1. The summed E-state index contributed by atoms with van der Waals surface area (Å²) in [6, 6.07) is 7.91. The van der Waals surface area contributed by atoms with Crippen LogP contribution in [0.2, 0.25) is 0 Å². The monoisotopic (exact) mass is 341 g/mol. The number of para-hydroxylation sites is 1. The minimum Gasteiger partial charge on any atom is -0.480 e. The Kier molecular flexibility index (Phi) is 4.19.